The number of urea groups is 1. The van der Waals surface area contributed by atoms with E-state index in [9.17, 15) is 13.2 Å². The average molecular weight is 432 g/mol. The smallest absolute Gasteiger partial charge is 0.332 e. The second kappa shape index (κ2) is 8.23. The summed E-state index contributed by atoms with van der Waals surface area (Å²) in [6.07, 6.45) is 6.18. The van der Waals surface area contributed by atoms with Gasteiger partial charge in [-0.05, 0) is 54.5 Å². The van der Waals surface area contributed by atoms with E-state index in [-0.39, 0.29) is 6.10 Å². The predicted octanol–water partition coefficient (Wildman–Crippen LogP) is 2.79. The van der Waals surface area contributed by atoms with Crippen LogP contribution >= 0.6 is 0 Å². The Morgan fingerprint density at radius 3 is 2.87 bits per heavy atom. The van der Waals surface area contributed by atoms with E-state index >= 15 is 0 Å². The molecule has 4 rings (SSSR count). The highest BCUT2D eigenvalue weighted by Gasteiger charge is 2.24. The zero-order valence-corrected chi connectivity index (χ0v) is 17.8. The molecular weight excluding hydrogens is 406 g/mol. The van der Waals surface area contributed by atoms with Crippen LogP contribution in [-0.2, 0) is 27.6 Å². The second-order valence-electron chi connectivity index (χ2n) is 7.75. The number of nitrogens with zero attached hydrogens (tertiary/aromatic N) is 1. The molecule has 1 aromatic heterocycles. The highest BCUT2D eigenvalue weighted by atomic mass is 32.2. The van der Waals surface area contributed by atoms with Gasteiger partial charge in [-0.15, -0.1) is 0 Å². The van der Waals surface area contributed by atoms with Crippen LogP contribution < -0.4 is 14.8 Å². The molecule has 1 aliphatic carbocycles. The zero-order valence-electron chi connectivity index (χ0n) is 17.0. The summed E-state index contributed by atoms with van der Waals surface area (Å²) in [6.45, 7) is 3.21. The molecular formula is C21H25N3O5S. The van der Waals surface area contributed by atoms with Crippen molar-refractivity contribution in [1.82, 2.24) is 9.71 Å². The first-order chi connectivity index (χ1) is 14.3. The lowest BCUT2D eigenvalue weighted by Crippen LogP contribution is -2.34. The Morgan fingerprint density at radius 2 is 2.13 bits per heavy atom. The molecule has 2 aliphatic rings. The van der Waals surface area contributed by atoms with Crippen molar-refractivity contribution >= 4 is 21.7 Å². The van der Waals surface area contributed by atoms with Crippen molar-refractivity contribution in [2.75, 3.05) is 24.8 Å². The number of sulfonamides is 1. The first-order valence-corrected chi connectivity index (χ1v) is 11.8. The van der Waals surface area contributed by atoms with Crippen molar-refractivity contribution in [3.8, 4) is 17.0 Å². The third-order valence-corrected chi connectivity index (χ3v) is 5.87. The largest absolute Gasteiger partial charge is 0.472 e. The molecule has 1 saturated heterocycles. The number of benzene rings is 1. The van der Waals surface area contributed by atoms with Gasteiger partial charge in [-0.1, -0.05) is 6.07 Å². The van der Waals surface area contributed by atoms with Crippen LogP contribution in [0.3, 0.4) is 0 Å². The third-order valence-electron chi connectivity index (χ3n) is 5.31. The molecule has 1 atom stereocenters. The maximum Gasteiger partial charge on any atom is 0.332 e. The van der Waals surface area contributed by atoms with E-state index in [1.165, 1.54) is 5.56 Å². The van der Waals surface area contributed by atoms with Crippen LogP contribution in [-0.4, -0.2) is 45.0 Å². The van der Waals surface area contributed by atoms with Crippen LogP contribution in [0.5, 0.6) is 5.88 Å². The fraction of sp³-hybridized carbons (Fsp3) is 0.429. The Hall–Kier alpha value is -2.65. The Bertz CT molecular complexity index is 1080. The number of carbonyl (C=O) groups is 1. The number of ether oxygens (including phenoxy) is 2. The first kappa shape index (κ1) is 20.6. The summed E-state index contributed by atoms with van der Waals surface area (Å²) < 4.78 is 36.3. The van der Waals surface area contributed by atoms with E-state index < -0.39 is 16.1 Å². The van der Waals surface area contributed by atoms with Gasteiger partial charge >= 0.3 is 6.03 Å². The predicted molar refractivity (Wildman–Crippen MR) is 113 cm³/mol. The number of nitrogens with one attached hydrogen (secondary N) is 2. The monoisotopic (exact) mass is 431 g/mol. The van der Waals surface area contributed by atoms with Gasteiger partial charge in [0, 0.05) is 24.2 Å². The van der Waals surface area contributed by atoms with Gasteiger partial charge in [0.1, 0.15) is 6.10 Å². The van der Waals surface area contributed by atoms with Gasteiger partial charge in [0.2, 0.25) is 15.9 Å². The van der Waals surface area contributed by atoms with E-state index in [0.29, 0.717) is 24.8 Å². The van der Waals surface area contributed by atoms with Crippen molar-refractivity contribution in [2.45, 2.75) is 38.7 Å². The summed E-state index contributed by atoms with van der Waals surface area (Å²) in [6, 6.07) is 5.08. The molecule has 30 heavy (non-hydrogen) atoms. The minimum Gasteiger partial charge on any atom is -0.472 e. The number of fused-ring (bicyclic) bond motifs is 1. The lowest BCUT2D eigenvalue weighted by atomic mass is 9.93. The van der Waals surface area contributed by atoms with Crippen LogP contribution in [0.15, 0.2) is 24.4 Å². The molecule has 0 saturated carbocycles. The van der Waals surface area contributed by atoms with E-state index in [1.807, 2.05) is 23.8 Å². The van der Waals surface area contributed by atoms with Gasteiger partial charge in [-0.2, -0.15) is 0 Å². The molecule has 1 aromatic carbocycles. The number of aromatic nitrogens is 1. The van der Waals surface area contributed by atoms with Crippen molar-refractivity contribution in [3.63, 3.8) is 0 Å². The summed E-state index contributed by atoms with van der Waals surface area (Å²) in [7, 11) is -3.67. The zero-order chi connectivity index (χ0) is 21.3. The lowest BCUT2D eigenvalue weighted by Gasteiger charge is -2.19. The third kappa shape index (κ3) is 4.57. The highest BCUT2D eigenvalue weighted by molar-refractivity contribution is 7.89. The number of rotatable bonds is 5. The van der Waals surface area contributed by atoms with Gasteiger partial charge in [-0.3, -0.25) is 0 Å². The highest BCUT2D eigenvalue weighted by Crippen LogP contribution is 2.40. The summed E-state index contributed by atoms with van der Waals surface area (Å²) >= 11 is 0. The molecule has 9 heteroatoms. The Labute approximate surface area is 176 Å². The topological polar surface area (TPSA) is 107 Å². The summed E-state index contributed by atoms with van der Waals surface area (Å²) in [5.41, 5.74) is 5.55. The Kier molecular flexibility index (Phi) is 5.66. The molecule has 2 N–H and O–H groups in total. The van der Waals surface area contributed by atoms with Crippen LogP contribution in [0.4, 0.5) is 10.5 Å². The van der Waals surface area contributed by atoms with Gasteiger partial charge in [0.05, 0.1) is 25.2 Å². The number of pyridine rings is 1. The fourth-order valence-electron chi connectivity index (χ4n) is 4.12. The molecule has 0 bridgehead atoms. The maximum absolute atomic E-state index is 12.4. The molecule has 2 heterocycles. The molecule has 1 aliphatic heterocycles. The lowest BCUT2D eigenvalue weighted by molar-refractivity contribution is 0.138. The Balaban J connectivity index is 1.73. The van der Waals surface area contributed by atoms with E-state index in [0.717, 1.165) is 54.2 Å². The number of aryl methyl sites for hydroxylation is 2. The van der Waals surface area contributed by atoms with E-state index in [4.69, 9.17) is 9.47 Å². The van der Waals surface area contributed by atoms with E-state index in [1.54, 1.807) is 6.20 Å². The molecule has 8 nitrogen and oxygen atoms in total. The van der Waals surface area contributed by atoms with E-state index in [2.05, 4.69) is 16.4 Å². The molecule has 1 unspecified atom stereocenters. The average Bonchev–Trinajstić information content (AvgIpc) is 3.32. The number of hydrogen-bond acceptors (Lipinski definition) is 6. The number of carbonyl (C=O) groups excluding carboxylic acids is 1. The number of hydrogen-bond donors (Lipinski definition) is 2. The summed E-state index contributed by atoms with van der Waals surface area (Å²) in [5, 5.41) is 2.79. The van der Waals surface area contributed by atoms with Gasteiger partial charge in [0.15, 0.2) is 0 Å². The van der Waals surface area contributed by atoms with Crippen LogP contribution in [0.2, 0.25) is 0 Å². The van der Waals surface area contributed by atoms with Crippen LogP contribution in [0.25, 0.3) is 11.1 Å². The fourth-order valence-corrected chi connectivity index (χ4v) is 4.50. The van der Waals surface area contributed by atoms with Gasteiger partial charge in [-0.25, -0.2) is 22.9 Å². The van der Waals surface area contributed by atoms with Crippen molar-refractivity contribution in [1.29, 1.82) is 0 Å². The first-order valence-electron chi connectivity index (χ1n) is 9.95. The van der Waals surface area contributed by atoms with Gasteiger partial charge in [0.25, 0.3) is 0 Å². The normalized spacial score (nSPS) is 18.1. The summed E-state index contributed by atoms with van der Waals surface area (Å²) in [4.78, 5) is 16.7. The Morgan fingerprint density at radius 1 is 1.30 bits per heavy atom. The maximum atomic E-state index is 12.4. The minimum absolute atomic E-state index is 0.0213. The van der Waals surface area contributed by atoms with Crippen LogP contribution in [0.1, 0.15) is 29.5 Å². The quantitative estimate of drug-likeness (QED) is 0.754. The second-order valence-corrected chi connectivity index (χ2v) is 9.50. The molecule has 0 spiro atoms. The van der Waals surface area contributed by atoms with Gasteiger partial charge < -0.3 is 14.8 Å². The minimum atomic E-state index is -3.67. The SMILES string of the molecule is Cc1cc2c(c(NC(=O)NS(C)(=O)=O)c1-c1ccnc(OC3CCOC3)c1)CCC2. The summed E-state index contributed by atoms with van der Waals surface area (Å²) in [5.74, 6) is 0.495. The number of anilines is 1. The molecule has 2 amide bonds. The standard InChI is InChI=1S/C21H25N3O5S/c1-13-10-14-4-3-5-17(14)20(23-21(25)24-30(2,26)27)19(13)15-6-8-22-18(11-15)29-16-7-9-28-12-16/h6,8,10-11,16H,3-5,7,9,12H2,1-2H3,(H2,23,24,25). The molecule has 1 fully saturated rings. The molecule has 2 aromatic rings. The van der Waals surface area contributed by atoms with Crippen molar-refractivity contribution < 1.29 is 22.7 Å². The molecule has 0 radical (unpaired) electrons. The van der Waals surface area contributed by atoms with Crippen molar-refractivity contribution in [2.24, 2.45) is 0 Å². The van der Waals surface area contributed by atoms with Crippen LogP contribution in [0, 0.1) is 6.92 Å². The number of amides is 2. The van der Waals surface area contributed by atoms with Crippen molar-refractivity contribution in [3.05, 3.63) is 41.1 Å². The molecule has 160 valence electrons.